The Bertz CT molecular complexity index is 1150. The molecular weight excluding hydrogens is 440 g/mol. The zero-order valence-corrected chi connectivity index (χ0v) is 18.9. The molecule has 0 aliphatic rings. The van der Waals surface area contributed by atoms with Crippen molar-refractivity contribution >= 4 is 29.3 Å². The number of aliphatic carboxylic acids is 1. The first-order chi connectivity index (χ1) is 15.8. The fraction of sp³-hybridized carbons (Fsp3) is 0.192. The summed E-state index contributed by atoms with van der Waals surface area (Å²) in [5.41, 5.74) is 4.07. The minimum absolute atomic E-state index is 0.0754. The number of nitrogens with one attached hydrogen (secondary N) is 2. The summed E-state index contributed by atoms with van der Waals surface area (Å²) >= 11 is 6.05. The Morgan fingerprint density at radius 2 is 1.61 bits per heavy atom. The Morgan fingerprint density at radius 3 is 2.27 bits per heavy atom. The zero-order chi connectivity index (χ0) is 23.8. The van der Waals surface area contributed by atoms with Crippen LogP contribution < -0.4 is 10.6 Å². The van der Waals surface area contributed by atoms with Gasteiger partial charge in [-0.1, -0.05) is 72.3 Å². The molecular formula is C26H25ClN2O4. The molecule has 0 aliphatic heterocycles. The van der Waals surface area contributed by atoms with Crippen molar-refractivity contribution in [3.8, 4) is 11.1 Å². The number of Topliss-reactive ketones (excluding diaryl/α,β-unsaturated/α-hetero) is 1. The number of amides is 1. The van der Waals surface area contributed by atoms with Crippen LogP contribution in [0.1, 0.15) is 28.4 Å². The molecule has 1 atom stereocenters. The van der Waals surface area contributed by atoms with Gasteiger partial charge < -0.3 is 15.7 Å². The molecule has 3 aromatic rings. The fourth-order valence-corrected chi connectivity index (χ4v) is 3.69. The number of hydrogen-bond acceptors (Lipinski definition) is 4. The van der Waals surface area contributed by atoms with Crippen LogP contribution in [0.5, 0.6) is 0 Å². The molecule has 7 heteroatoms. The first kappa shape index (κ1) is 24.2. The SMILES string of the molecule is CC(=O)CNCc1ccccc1-c1ccc(C[C@H](NC(=O)c2ccccc2Cl)C(=O)O)cc1. The summed E-state index contributed by atoms with van der Waals surface area (Å²) in [4.78, 5) is 35.4. The van der Waals surface area contributed by atoms with E-state index >= 15 is 0 Å². The van der Waals surface area contributed by atoms with Gasteiger partial charge in [0, 0.05) is 13.0 Å². The molecule has 0 heterocycles. The average molecular weight is 465 g/mol. The van der Waals surface area contributed by atoms with Gasteiger partial charge in [-0.2, -0.15) is 0 Å². The number of carboxylic acids is 1. The Kier molecular flexibility index (Phi) is 8.35. The third-order valence-electron chi connectivity index (χ3n) is 5.13. The van der Waals surface area contributed by atoms with Gasteiger partial charge in [0.15, 0.2) is 0 Å². The van der Waals surface area contributed by atoms with Crippen molar-refractivity contribution < 1.29 is 19.5 Å². The van der Waals surface area contributed by atoms with Crippen LogP contribution in [-0.4, -0.2) is 35.4 Å². The molecule has 0 aromatic heterocycles. The second-order valence-corrected chi connectivity index (χ2v) is 8.12. The molecule has 0 bridgehead atoms. The van der Waals surface area contributed by atoms with E-state index in [-0.39, 0.29) is 22.8 Å². The van der Waals surface area contributed by atoms with E-state index < -0.39 is 17.9 Å². The smallest absolute Gasteiger partial charge is 0.326 e. The standard InChI is InChI=1S/C26H25ClN2O4/c1-17(30)15-28-16-20-6-2-3-7-21(20)19-12-10-18(11-13-19)14-24(26(32)33)29-25(31)22-8-4-5-9-23(22)27/h2-13,24,28H,14-16H2,1H3,(H,29,31)(H,32,33)/t24-/m0/s1. The predicted molar refractivity (Wildman–Crippen MR) is 128 cm³/mol. The average Bonchev–Trinajstić information content (AvgIpc) is 2.79. The largest absolute Gasteiger partial charge is 0.480 e. The van der Waals surface area contributed by atoms with Gasteiger partial charge >= 0.3 is 5.97 Å². The van der Waals surface area contributed by atoms with E-state index in [2.05, 4.69) is 10.6 Å². The number of benzene rings is 3. The van der Waals surface area contributed by atoms with Crippen molar-refractivity contribution in [3.63, 3.8) is 0 Å². The molecule has 0 saturated carbocycles. The molecule has 3 rings (SSSR count). The van der Waals surface area contributed by atoms with Gasteiger partial charge in [0.25, 0.3) is 5.91 Å². The molecule has 0 aliphatic carbocycles. The summed E-state index contributed by atoms with van der Waals surface area (Å²) in [6, 6.07) is 20.9. The van der Waals surface area contributed by atoms with Crippen molar-refractivity contribution in [1.29, 1.82) is 0 Å². The maximum atomic E-state index is 12.5. The lowest BCUT2D eigenvalue weighted by atomic mass is 9.97. The molecule has 0 fully saturated rings. The number of rotatable bonds is 10. The van der Waals surface area contributed by atoms with Crippen molar-refractivity contribution in [3.05, 3.63) is 94.5 Å². The van der Waals surface area contributed by atoms with Crippen molar-refractivity contribution in [2.45, 2.75) is 25.9 Å². The predicted octanol–water partition coefficient (Wildman–Crippen LogP) is 4.11. The molecule has 1 amide bonds. The summed E-state index contributed by atoms with van der Waals surface area (Å²) in [7, 11) is 0. The number of carboxylic acid groups (broad SMARTS) is 1. The molecule has 3 N–H and O–H groups in total. The van der Waals surface area contributed by atoms with Gasteiger partial charge in [0.1, 0.15) is 11.8 Å². The van der Waals surface area contributed by atoms with Crippen molar-refractivity contribution in [2.24, 2.45) is 0 Å². The first-order valence-corrected chi connectivity index (χ1v) is 10.9. The number of hydrogen-bond donors (Lipinski definition) is 3. The molecule has 3 aromatic carbocycles. The number of ketones is 1. The molecule has 0 radical (unpaired) electrons. The Morgan fingerprint density at radius 1 is 0.939 bits per heavy atom. The van der Waals surface area contributed by atoms with Crippen LogP contribution in [0.3, 0.4) is 0 Å². The summed E-state index contributed by atoms with van der Waals surface area (Å²) in [6.07, 6.45) is 0.133. The Hall–Kier alpha value is -3.48. The minimum atomic E-state index is -1.12. The molecule has 6 nitrogen and oxygen atoms in total. The Labute approximate surface area is 197 Å². The van der Waals surface area contributed by atoms with Gasteiger partial charge in [0.2, 0.25) is 0 Å². The van der Waals surface area contributed by atoms with E-state index in [1.165, 1.54) is 0 Å². The highest BCUT2D eigenvalue weighted by molar-refractivity contribution is 6.33. The van der Waals surface area contributed by atoms with Crippen LogP contribution in [0.15, 0.2) is 72.8 Å². The van der Waals surface area contributed by atoms with Crippen LogP contribution in [0.25, 0.3) is 11.1 Å². The third-order valence-corrected chi connectivity index (χ3v) is 5.46. The lowest BCUT2D eigenvalue weighted by Gasteiger charge is -2.16. The summed E-state index contributed by atoms with van der Waals surface area (Å²) in [6.45, 7) is 2.41. The summed E-state index contributed by atoms with van der Waals surface area (Å²) in [5, 5.41) is 15.6. The maximum Gasteiger partial charge on any atom is 0.326 e. The van der Waals surface area contributed by atoms with Crippen molar-refractivity contribution in [1.82, 2.24) is 10.6 Å². The number of carbonyl (C=O) groups is 3. The first-order valence-electron chi connectivity index (χ1n) is 10.5. The van der Waals surface area contributed by atoms with Gasteiger partial charge in [-0.25, -0.2) is 4.79 Å². The third kappa shape index (κ3) is 6.75. The highest BCUT2D eigenvalue weighted by atomic mass is 35.5. The van der Waals surface area contributed by atoms with Crippen LogP contribution >= 0.6 is 11.6 Å². The molecule has 0 unspecified atom stereocenters. The molecule has 170 valence electrons. The van der Waals surface area contributed by atoms with E-state index in [0.717, 1.165) is 22.3 Å². The summed E-state index contributed by atoms with van der Waals surface area (Å²) < 4.78 is 0. The highest BCUT2D eigenvalue weighted by Gasteiger charge is 2.22. The van der Waals surface area contributed by atoms with Crippen LogP contribution in [0, 0.1) is 0 Å². The van der Waals surface area contributed by atoms with Gasteiger partial charge in [-0.3, -0.25) is 9.59 Å². The zero-order valence-electron chi connectivity index (χ0n) is 18.2. The van der Waals surface area contributed by atoms with E-state index in [1.54, 1.807) is 31.2 Å². The highest BCUT2D eigenvalue weighted by Crippen LogP contribution is 2.24. The molecule has 33 heavy (non-hydrogen) atoms. The quantitative estimate of drug-likeness (QED) is 0.419. The van der Waals surface area contributed by atoms with Crippen LogP contribution in [0.4, 0.5) is 0 Å². The molecule has 0 saturated heterocycles. The van der Waals surface area contributed by atoms with Gasteiger partial charge in [-0.05, 0) is 41.3 Å². The van der Waals surface area contributed by atoms with Crippen LogP contribution in [0.2, 0.25) is 5.02 Å². The Balaban J connectivity index is 1.72. The normalized spacial score (nSPS) is 11.6. The second-order valence-electron chi connectivity index (χ2n) is 7.71. The van der Waals surface area contributed by atoms with Crippen LogP contribution in [-0.2, 0) is 22.6 Å². The van der Waals surface area contributed by atoms with Gasteiger partial charge in [-0.15, -0.1) is 0 Å². The fourth-order valence-electron chi connectivity index (χ4n) is 3.47. The topological polar surface area (TPSA) is 95.5 Å². The molecule has 0 spiro atoms. The van der Waals surface area contributed by atoms with E-state index in [0.29, 0.717) is 13.1 Å². The van der Waals surface area contributed by atoms with Gasteiger partial charge in [0.05, 0.1) is 17.1 Å². The van der Waals surface area contributed by atoms with E-state index in [9.17, 15) is 19.5 Å². The lowest BCUT2D eigenvalue weighted by molar-refractivity contribution is -0.139. The van der Waals surface area contributed by atoms with Crippen molar-refractivity contribution in [2.75, 3.05) is 6.54 Å². The maximum absolute atomic E-state index is 12.5. The summed E-state index contributed by atoms with van der Waals surface area (Å²) in [5.74, 6) is -1.58. The second kappa shape index (κ2) is 11.4. The lowest BCUT2D eigenvalue weighted by Crippen LogP contribution is -2.42. The minimum Gasteiger partial charge on any atom is -0.480 e. The monoisotopic (exact) mass is 464 g/mol. The number of halogens is 1. The van der Waals surface area contributed by atoms with E-state index in [1.807, 2.05) is 48.5 Å². The van der Waals surface area contributed by atoms with E-state index in [4.69, 9.17) is 11.6 Å². The number of carbonyl (C=O) groups excluding carboxylic acids is 2.